The molecule has 1 aromatic rings. The SMILES string of the molecule is C[C@@H](OC(=O)CSc1ccccc1F)C(=O)NC1CC1. The van der Waals surface area contributed by atoms with Crippen molar-refractivity contribution in [1.29, 1.82) is 0 Å². The third kappa shape index (κ3) is 4.52. The quantitative estimate of drug-likeness (QED) is 0.645. The molecule has 1 aliphatic rings. The van der Waals surface area contributed by atoms with Gasteiger partial charge in [-0.15, -0.1) is 11.8 Å². The molecule has 0 saturated heterocycles. The lowest BCUT2D eigenvalue weighted by molar-refractivity contribution is -0.152. The number of rotatable bonds is 6. The highest BCUT2D eigenvalue weighted by Crippen LogP contribution is 2.21. The van der Waals surface area contributed by atoms with Gasteiger partial charge in [0.05, 0.1) is 5.75 Å². The Bertz CT molecular complexity index is 505. The molecule has 1 aliphatic carbocycles. The minimum atomic E-state index is -0.815. The van der Waals surface area contributed by atoms with Crippen LogP contribution in [0.3, 0.4) is 0 Å². The van der Waals surface area contributed by atoms with Gasteiger partial charge >= 0.3 is 5.97 Å². The summed E-state index contributed by atoms with van der Waals surface area (Å²) in [7, 11) is 0. The first kappa shape index (κ1) is 14.8. The lowest BCUT2D eigenvalue weighted by Gasteiger charge is -2.13. The second-order valence-electron chi connectivity index (χ2n) is 4.63. The van der Waals surface area contributed by atoms with E-state index in [0.29, 0.717) is 4.90 Å². The van der Waals surface area contributed by atoms with Crippen LogP contribution in [0.25, 0.3) is 0 Å². The van der Waals surface area contributed by atoms with Crippen LogP contribution in [0, 0.1) is 5.82 Å². The first-order valence-electron chi connectivity index (χ1n) is 6.43. The maximum atomic E-state index is 13.3. The van der Waals surface area contributed by atoms with Crippen LogP contribution in [0.1, 0.15) is 19.8 Å². The van der Waals surface area contributed by atoms with Gasteiger partial charge in [-0.05, 0) is 31.9 Å². The Balaban J connectivity index is 1.74. The first-order chi connectivity index (χ1) is 9.56. The van der Waals surface area contributed by atoms with Gasteiger partial charge in [0.2, 0.25) is 0 Å². The average Bonchev–Trinajstić information content (AvgIpc) is 3.21. The van der Waals surface area contributed by atoms with E-state index >= 15 is 0 Å². The summed E-state index contributed by atoms with van der Waals surface area (Å²) < 4.78 is 18.4. The van der Waals surface area contributed by atoms with Crippen LogP contribution in [0.15, 0.2) is 29.2 Å². The number of carbonyl (C=O) groups is 2. The van der Waals surface area contributed by atoms with Gasteiger partial charge in [0.25, 0.3) is 5.91 Å². The Hall–Kier alpha value is -1.56. The molecule has 1 amide bonds. The number of nitrogens with one attached hydrogen (secondary N) is 1. The summed E-state index contributed by atoms with van der Waals surface area (Å²) in [4.78, 5) is 23.6. The molecule has 0 heterocycles. The molecule has 0 aliphatic heterocycles. The highest BCUT2D eigenvalue weighted by atomic mass is 32.2. The van der Waals surface area contributed by atoms with E-state index < -0.39 is 12.1 Å². The molecule has 1 aromatic carbocycles. The number of amides is 1. The molecule has 20 heavy (non-hydrogen) atoms. The summed E-state index contributed by atoms with van der Waals surface area (Å²) in [6, 6.07) is 6.44. The molecule has 1 N–H and O–H groups in total. The summed E-state index contributed by atoms with van der Waals surface area (Å²) in [6.45, 7) is 1.53. The molecule has 0 unspecified atom stereocenters. The Morgan fingerprint density at radius 2 is 2.15 bits per heavy atom. The monoisotopic (exact) mass is 297 g/mol. The smallest absolute Gasteiger partial charge is 0.317 e. The summed E-state index contributed by atoms with van der Waals surface area (Å²) in [6.07, 6.45) is 1.15. The van der Waals surface area contributed by atoms with Crippen molar-refractivity contribution in [1.82, 2.24) is 5.32 Å². The van der Waals surface area contributed by atoms with Gasteiger partial charge < -0.3 is 10.1 Å². The van der Waals surface area contributed by atoms with Crippen molar-refractivity contribution >= 4 is 23.6 Å². The number of thioether (sulfide) groups is 1. The molecule has 1 fully saturated rings. The molecule has 1 saturated carbocycles. The maximum Gasteiger partial charge on any atom is 0.317 e. The number of hydrogen-bond acceptors (Lipinski definition) is 4. The molecule has 108 valence electrons. The van der Waals surface area contributed by atoms with Crippen molar-refractivity contribution in [2.45, 2.75) is 36.8 Å². The molecule has 2 rings (SSSR count). The summed E-state index contributed by atoms with van der Waals surface area (Å²) in [5, 5.41) is 2.76. The Morgan fingerprint density at radius 3 is 2.80 bits per heavy atom. The van der Waals surface area contributed by atoms with Crippen LogP contribution in [0.5, 0.6) is 0 Å². The number of ether oxygens (including phenoxy) is 1. The second-order valence-corrected chi connectivity index (χ2v) is 5.65. The highest BCUT2D eigenvalue weighted by molar-refractivity contribution is 8.00. The van der Waals surface area contributed by atoms with Crippen molar-refractivity contribution < 1.29 is 18.7 Å². The molecule has 4 nitrogen and oxygen atoms in total. The summed E-state index contributed by atoms with van der Waals surface area (Å²) in [5.74, 6) is -1.21. The largest absolute Gasteiger partial charge is 0.452 e. The topological polar surface area (TPSA) is 55.4 Å². The highest BCUT2D eigenvalue weighted by Gasteiger charge is 2.27. The van der Waals surface area contributed by atoms with E-state index in [1.165, 1.54) is 13.0 Å². The molecule has 0 aromatic heterocycles. The zero-order valence-corrected chi connectivity index (χ0v) is 11.9. The standard InChI is InChI=1S/C14H16FNO3S/c1-9(14(18)16-10-6-7-10)19-13(17)8-20-12-5-3-2-4-11(12)15/h2-5,9-10H,6-8H2,1H3,(H,16,18)/t9-/m1/s1. The fourth-order valence-electron chi connectivity index (χ4n) is 1.53. The molecule has 0 spiro atoms. The zero-order chi connectivity index (χ0) is 14.5. The van der Waals surface area contributed by atoms with Crippen molar-refractivity contribution in [3.63, 3.8) is 0 Å². The Kier molecular flexibility index (Phi) is 5.00. The predicted octanol–water partition coefficient (Wildman–Crippen LogP) is 2.13. The van der Waals surface area contributed by atoms with Gasteiger partial charge in [0, 0.05) is 10.9 Å². The van der Waals surface area contributed by atoms with Crippen LogP contribution >= 0.6 is 11.8 Å². The van der Waals surface area contributed by atoms with E-state index in [0.717, 1.165) is 24.6 Å². The zero-order valence-electron chi connectivity index (χ0n) is 11.1. The van der Waals surface area contributed by atoms with Crippen molar-refractivity contribution in [3.8, 4) is 0 Å². The number of hydrogen-bond donors (Lipinski definition) is 1. The maximum absolute atomic E-state index is 13.3. The van der Waals surface area contributed by atoms with Gasteiger partial charge in [-0.2, -0.15) is 0 Å². The van der Waals surface area contributed by atoms with Crippen LogP contribution in [-0.4, -0.2) is 29.8 Å². The van der Waals surface area contributed by atoms with Crippen LogP contribution < -0.4 is 5.32 Å². The van der Waals surface area contributed by atoms with Crippen LogP contribution in [0.2, 0.25) is 0 Å². The van der Waals surface area contributed by atoms with Gasteiger partial charge in [0.1, 0.15) is 5.82 Å². The average molecular weight is 297 g/mol. The number of benzene rings is 1. The van der Waals surface area contributed by atoms with Crippen molar-refractivity contribution in [2.24, 2.45) is 0 Å². The Labute approximate surface area is 121 Å². The van der Waals surface area contributed by atoms with Gasteiger partial charge in [-0.3, -0.25) is 9.59 Å². The van der Waals surface area contributed by atoms with Crippen LogP contribution in [-0.2, 0) is 14.3 Å². The van der Waals surface area contributed by atoms with E-state index in [2.05, 4.69) is 5.32 Å². The minimum Gasteiger partial charge on any atom is -0.452 e. The number of halogens is 1. The number of esters is 1. The van der Waals surface area contributed by atoms with E-state index in [4.69, 9.17) is 4.74 Å². The van der Waals surface area contributed by atoms with Gasteiger partial charge in [0.15, 0.2) is 6.10 Å². The lowest BCUT2D eigenvalue weighted by Crippen LogP contribution is -2.37. The second kappa shape index (κ2) is 6.74. The molecular formula is C14H16FNO3S. The van der Waals surface area contributed by atoms with E-state index in [1.54, 1.807) is 18.2 Å². The Morgan fingerprint density at radius 1 is 1.45 bits per heavy atom. The van der Waals surface area contributed by atoms with E-state index in [1.807, 2.05) is 0 Å². The molecule has 0 bridgehead atoms. The van der Waals surface area contributed by atoms with Gasteiger partial charge in [-0.25, -0.2) is 4.39 Å². The molecule has 6 heteroatoms. The summed E-state index contributed by atoms with van der Waals surface area (Å²) >= 11 is 1.05. The third-order valence-corrected chi connectivity index (χ3v) is 3.81. The fraction of sp³-hybridized carbons (Fsp3) is 0.429. The summed E-state index contributed by atoms with van der Waals surface area (Å²) in [5.41, 5.74) is 0. The first-order valence-corrected chi connectivity index (χ1v) is 7.42. The molecular weight excluding hydrogens is 281 g/mol. The molecule has 0 radical (unpaired) electrons. The minimum absolute atomic E-state index is 0.0258. The van der Waals surface area contributed by atoms with Crippen molar-refractivity contribution in [2.75, 3.05) is 5.75 Å². The van der Waals surface area contributed by atoms with Crippen LogP contribution in [0.4, 0.5) is 4.39 Å². The molecule has 1 atom stereocenters. The third-order valence-electron chi connectivity index (χ3n) is 2.78. The lowest BCUT2D eigenvalue weighted by atomic mass is 10.3. The van der Waals surface area contributed by atoms with Crippen molar-refractivity contribution in [3.05, 3.63) is 30.1 Å². The number of carbonyl (C=O) groups excluding carboxylic acids is 2. The predicted molar refractivity (Wildman–Crippen MR) is 73.8 cm³/mol. The van der Waals surface area contributed by atoms with Gasteiger partial charge in [-0.1, -0.05) is 12.1 Å². The van der Waals surface area contributed by atoms with E-state index in [-0.39, 0.29) is 23.5 Å². The van der Waals surface area contributed by atoms with E-state index in [9.17, 15) is 14.0 Å². The normalized spacial score (nSPS) is 15.5. The fourth-order valence-corrected chi connectivity index (χ4v) is 2.25.